The van der Waals surface area contributed by atoms with E-state index in [4.69, 9.17) is 10.5 Å². The number of nitrogens with one attached hydrogen (secondary N) is 1. The Hall–Kier alpha value is -3.10. The lowest BCUT2D eigenvalue weighted by Crippen LogP contribution is -2.38. The van der Waals surface area contributed by atoms with Gasteiger partial charge in [-0.15, -0.1) is 5.10 Å². The molecule has 3 rings (SSSR count). The second kappa shape index (κ2) is 8.07. The van der Waals surface area contributed by atoms with Gasteiger partial charge in [-0.3, -0.25) is 9.59 Å². The number of aromatic nitrogens is 3. The van der Waals surface area contributed by atoms with E-state index < -0.39 is 5.91 Å². The van der Waals surface area contributed by atoms with Crippen molar-refractivity contribution in [3.8, 4) is 5.75 Å². The van der Waals surface area contributed by atoms with Crippen molar-refractivity contribution in [2.24, 2.45) is 5.92 Å². The summed E-state index contributed by atoms with van der Waals surface area (Å²) in [6.45, 7) is 3.63. The quantitative estimate of drug-likeness (QED) is 0.819. The first-order valence-corrected chi connectivity index (χ1v) is 8.87. The van der Waals surface area contributed by atoms with E-state index in [-0.39, 0.29) is 17.4 Å². The zero-order valence-corrected chi connectivity index (χ0v) is 15.5. The molecule has 0 unspecified atom stereocenters. The van der Waals surface area contributed by atoms with E-state index in [9.17, 15) is 9.59 Å². The van der Waals surface area contributed by atoms with Gasteiger partial charge in [0.2, 0.25) is 5.91 Å². The average molecular weight is 372 g/mol. The third kappa shape index (κ3) is 4.36. The van der Waals surface area contributed by atoms with Gasteiger partial charge in [-0.1, -0.05) is 11.3 Å². The van der Waals surface area contributed by atoms with Crippen LogP contribution in [-0.2, 0) is 11.3 Å². The van der Waals surface area contributed by atoms with Gasteiger partial charge in [0, 0.05) is 38.3 Å². The summed E-state index contributed by atoms with van der Waals surface area (Å²) in [7, 11) is 1.56. The molecule has 0 aliphatic carbocycles. The van der Waals surface area contributed by atoms with Gasteiger partial charge >= 0.3 is 0 Å². The number of rotatable bonds is 5. The predicted molar refractivity (Wildman–Crippen MR) is 100 cm³/mol. The fourth-order valence-corrected chi connectivity index (χ4v) is 3.18. The molecule has 1 aromatic heterocycles. The Morgan fingerprint density at radius 3 is 2.74 bits per heavy atom. The molecule has 2 amide bonds. The molecule has 1 fully saturated rings. The Balaban J connectivity index is 1.62. The first-order valence-electron chi connectivity index (χ1n) is 8.87. The molecule has 2 heterocycles. The molecule has 2 aromatic rings. The van der Waals surface area contributed by atoms with Crippen LogP contribution in [0.25, 0.3) is 0 Å². The van der Waals surface area contributed by atoms with Gasteiger partial charge in [-0.05, 0) is 30.9 Å². The van der Waals surface area contributed by atoms with Gasteiger partial charge < -0.3 is 20.7 Å². The van der Waals surface area contributed by atoms with Gasteiger partial charge in [0.1, 0.15) is 5.75 Å². The van der Waals surface area contributed by atoms with Crippen LogP contribution in [0.1, 0.15) is 30.3 Å². The largest absolute Gasteiger partial charge is 0.497 e. The van der Waals surface area contributed by atoms with Crippen LogP contribution in [-0.4, -0.2) is 51.9 Å². The van der Waals surface area contributed by atoms with Crippen LogP contribution in [0, 0.1) is 5.92 Å². The van der Waals surface area contributed by atoms with E-state index >= 15 is 0 Å². The van der Waals surface area contributed by atoms with Gasteiger partial charge in [-0.25, -0.2) is 4.68 Å². The minimum atomic E-state index is -0.418. The van der Waals surface area contributed by atoms with Crippen LogP contribution >= 0.6 is 0 Å². The van der Waals surface area contributed by atoms with E-state index in [2.05, 4.69) is 15.6 Å². The lowest BCUT2D eigenvalue weighted by atomic mass is 9.97. The number of nitrogen functional groups attached to an aromatic ring is 1. The van der Waals surface area contributed by atoms with Gasteiger partial charge in [0.05, 0.1) is 7.11 Å². The molecule has 1 aromatic carbocycles. The summed E-state index contributed by atoms with van der Waals surface area (Å²) in [5.41, 5.74) is 6.78. The van der Waals surface area contributed by atoms with Crippen molar-refractivity contribution in [2.75, 3.05) is 31.2 Å². The van der Waals surface area contributed by atoms with Crippen molar-refractivity contribution in [1.82, 2.24) is 19.9 Å². The number of anilines is 2. The van der Waals surface area contributed by atoms with E-state index in [1.54, 1.807) is 43.0 Å². The van der Waals surface area contributed by atoms with Crippen molar-refractivity contribution in [2.45, 2.75) is 26.3 Å². The summed E-state index contributed by atoms with van der Waals surface area (Å²) < 4.78 is 6.71. The standard InChI is InChI=1S/C18H24N6O3/c1-12(25)23-8-6-13(7-9-23)11-24-17(19)16(21-22-24)18(26)20-14-4-3-5-15(10-14)27-2/h3-5,10,13H,6-9,11,19H2,1-2H3,(H,20,26). The highest BCUT2D eigenvalue weighted by atomic mass is 16.5. The maximum Gasteiger partial charge on any atom is 0.280 e. The summed E-state index contributed by atoms with van der Waals surface area (Å²) in [5.74, 6) is 0.910. The molecular weight excluding hydrogens is 348 g/mol. The predicted octanol–water partition coefficient (Wildman–Crippen LogP) is 1.38. The highest BCUT2D eigenvalue weighted by molar-refractivity contribution is 6.05. The Labute approximate surface area is 157 Å². The molecule has 1 saturated heterocycles. The van der Waals surface area contributed by atoms with Crippen LogP contribution in [0.15, 0.2) is 24.3 Å². The van der Waals surface area contributed by atoms with Gasteiger partial charge in [0.15, 0.2) is 11.5 Å². The summed E-state index contributed by atoms with van der Waals surface area (Å²) in [6.07, 6.45) is 1.76. The zero-order valence-electron chi connectivity index (χ0n) is 15.5. The number of amides is 2. The number of ether oxygens (including phenoxy) is 1. The first-order chi connectivity index (χ1) is 13.0. The lowest BCUT2D eigenvalue weighted by Gasteiger charge is -2.31. The number of nitrogens with zero attached hydrogens (tertiary/aromatic N) is 4. The highest BCUT2D eigenvalue weighted by Crippen LogP contribution is 2.22. The fraction of sp³-hybridized carbons (Fsp3) is 0.444. The van der Waals surface area contributed by atoms with Crippen LogP contribution in [0.3, 0.4) is 0 Å². The number of likely N-dealkylation sites (tertiary alicyclic amines) is 1. The maximum absolute atomic E-state index is 12.5. The number of methoxy groups -OCH3 is 1. The summed E-state index contributed by atoms with van der Waals surface area (Å²) >= 11 is 0. The van der Waals surface area contributed by atoms with Crippen molar-refractivity contribution in [1.29, 1.82) is 0 Å². The molecule has 0 radical (unpaired) electrons. The SMILES string of the molecule is COc1cccc(NC(=O)c2nnn(CC3CCN(C(C)=O)CC3)c2N)c1. The van der Waals surface area contributed by atoms with Crippen LogP contribution in [0.4, 0.5) is 11.5 Å². The van der Waals surface area contributed by atoms with E-state index in [1.165, 1.54) is 0 Å². The molecule has 0 atom stereocenters. The van der Waals surface area contributed by atoms with Crippen molar-refractivity contribution in [3.63, 3.8) is 0 Å². The molecule has 1 aliphatic heterocycles. The third-order valence-corrected chi connectivity index (χ3v) is 4.81. The molecule has 0 spiro atoms. The molecule has 9 heteroatoms. The van der Waals surface area contributed by atoms with Gasteiger partial charge in [0.25, 0.3) is 5.91 Å². The zero-order chi connectivity index (χ0) is 19.4. The summed E-state index contributed by atoms with van der Waals surface area (Å²) in [4.78, 5) is 25.7. The first kappa shape index (κ1) is 18.7. The Bertz CT molecular complexity index is 826. The molecule has 9 nitrogen and oxygen atoms in total. The van der Waals surface area contributed by atoms with Crippen LogP contribution in [0.5, 0.6) is 5.75 Å². The fourth-order valence-electron chi connectivity index (χ4n) is 3.18. The second-order valence-electron chi connectivity index (χ2n) is 6.64. The smallest absolute Gasteiger partial charge is 0.280 e. The minimum absolute atomic E-state index is 0.0963. The Morgan fingerprint density at radius 1 is 1.33 bits per heavy atom. The number of nitrogens with two attached hydrogens (primary N) is 1. The maximum atomic E-state index is 12.5. The normalized spacial score (nSPS) is 14.8. The number of benzene rings is 1. The molecule has 144 valence electrons. The highest BCUT2D eigenvalue weighted by Gasteiger charge is 2.24. The van der Waals surface area contributed by atoms with Crippen LogP contribution < -0.4 is 15.8 Å². The van der Waals surface area contributed by atoms with E-state index in [0.29, 0.717) is 23.9 Å². The van der Waals surface area contributed by atoms with Gasteiger partial charge in [-0.2, -0.15) is 0 Å². The topological polar surface area (TPSA) is 115 Å². The molecule has 27 heavy (non-hydrogen) atoms. The molecule has 3 N–H and O–H groups in total. The molecule has 0 bridgehead atoms. The number of hydrogen-bond acceptors (Lipinski definition) is 6. The van der Waals surface area contributed by atoms with Crippen molar-refractivity contribution >= 4 is 23.3 Å². The lowest BCUT2D eigenvalue weighted by molar-refractivity contribution is -0.130. The number of piperidine rings is 1. The number of carbonyl (C=O) groups is 2. The minimum Gasteiger partial charge on any atom is -0.497 e. The molecule has 0 saturated carbocycles. The van der Waals surface area contributed by atoms with E-state index in [0.717, 1.165) is 25.9 Å². The molecule has 1 aliphatic rings. The summed E-state index contributed by atoms with van der Waals surface area (Å²) in [6, 6.07) is 7.03. The second-order valence-corrected chi connectivity index (χ2v) is 6.64. The van der Waals surface area contributed by atoms with Crippen LogP contribution in [0.2, 0.25) is 0 Å². The Kier molecular flexibility index (Phi) is 5.58. The molecular formula is C18H24N6O3. The summed E-state index contributed by atoms with van der Waals surface area (Å²) in [5, 5.41) is 10.7. The number of carbonyl (C=O) groups excluding carboxylic acids is 2. The Morgan fingerprint density at radius 2 is 2.07 bits per heavy atom. The third-order valence-electron chi connectivity index (χ3n) is 4.81. The van der Waals surface area contributed by atoms with E-state index in [1.807, 2.05) is 4.90 Å². The van der Waals surface area contributed by atoms with Crippen molar-refractivity contribution in [3.05, 3.63) is 30.0 Å². The average Bonchev–Trinajstić information content (AvgIpc) is 3.03. The number of hydrogen-bond donors (Lipinski definition) is 2. The van der Waals surface area contributed by atoms with Crippen molar-refractivity contribution < 1.29 is 14.3 Å². The monoisotopic (exact) mass is 372 g/mol.